The fraction of sp³-hybridized carbons (Fsp3) is 0.298. The summed E-state index contributed by atoms with van der Waals surface area (Å²) in [6.07, 6.45) is 6.04. The molecule has 0 bridgehead atoms. The average molecular weight is 1170 g/mol. The van der Waals surface area contributed by atoms with Crippen LogP contribution in [0.5, 0.6) is 0 Å². The molecule has 85 heavy (non-hydrogen) atoms. The first-order chi connectivity index (χ1) is 40.3. The number of benzene rings is 2. The first kappa shape index (κ1) is 58.8. The van der Waals surface area contributed by atoms with Gasteiger partial charge in [0.2, 0.25) is 11.8 Å². The van der Waals surface area contributed by atoms with Crippen molar-refractivity contribution in [3.63, 3.8) is 0 Å². The molecule has 8 heterocycles. The number of fused-ring (bicyclic) bond motifs is 2. The van der Waals surface area contributed by atoms with Crippen LogP contribution in [0.1, 0.15) is 71.6 Å². The Bertz CT molecular complexity index is 3930. The van der Waals surface area contributed by atoms with Gasteiger partial charge in [-0.05, 0) is 82.9 Å². The fourth-order valence-corrected chi connectivity index (χ4v) is 10.2. The number of nitrogens with zero attached hydrogens (tertiary/aromatic N) is 14. The topological polar surface area (TPSA) is 259 Å². The van der Waals surface area contributed by atoms with Crippen LogP contribution in [0.15, 0.2) is 104 Å². The number of aromatic nitrogens is 8. The second-order valence-electron chi connectivity index (χ2n) is 21.2. The molecule has 2 fully saturated rings. The molecule has 10 N–H and O–H groups in total. The minimum Gasteiger partial charge on any atom is -0.396 e. The molecule has 444 valence electrons. The number of carbonyl (C=O) groups excluding carboxylic acids is 2. The van der Waals surface area contributed by atoms with Gasteiger partial charge in [-0.1, -0.05) is 0 Å². The zero-order valence-electron chi connectivity index (χ0n) is 47.3. The molecule has 10 rings (SSSR count). The number of halogens is 6. The maximum Gasteiger partial charge on any atom is 0.416 e. The Labute approximate surface area is 484 Å². The summed E-state index contributed by atoms with van der Waals surface area (Å²) < 4.78 is 91.3. The number of nitrogens with one attached hydrogen (secondary N) is 2. The molecule has 2 aliphatic heterocycles. The Kier molecular flexibility index (Phi) is 16.2. The summed E-state index contributed by atoms with van der Waals surface area (Å²) in [5, 5.41) is 7.67. The second-order valence-corrected chi connectivity index (χ2v) is 21.2. The highest BCUT2D eigenvalue weighted by Gasteiger charge is 2.36. The van der Waals surface area contributed by atoms with Crippen LogP contribution in [-0.4, -0.2) is 122 Å². The van der Waals surface area contributed by atoms with E-state index in [0.717, 1.165) is 18.2 Å². The number of aryl methyl sites for hydroxylation is 3. The largest absolute Gasteiger partial charge is 0.416 e. The van der Waals surface area contributed by atoms with Crippen LogP contribution in [0.25, 0.3) is 22.7 Å². The fourth-order valence-electron chi connectivity index (χ4n) is 10.2. The quantitative estimate of drug-likeness (QED) is 0.0313. The second kappa shape index (κ2) is 23.3. The Morgan fingerprint density at radius 1 is 0.624 bits per heavy atom. The van der Waals surface area contributed by atoms with Gasteiger partial charge >= 0.3 is 12.4 Å². The number of anilines is 6. The highest BCUT2D eigenvalue weighted by molar-refractivity contribution is 6.06. The van der Waals surface area contributed by atoms with E-state index in [-0.39, 0.29) is 57.4 Å². The maximum atomic E-state index is 14.6. The first-order valence-corrected chi connectivity index (χ1v) is 26.9. The van der Waals surface area contributed by atoms with Crippen LogP contribution < -0.4 is 58.2 Å². The Balaban J connectivity index is 0.921. The van der Waals surface area contributed by atoms with E-state index in [1.165, 1.54) is 66.1 Å². The van der Waals surface area contributed by atoms with E-state index < -0.39 is 35.3 Å². The van der Waals surface area contributed by atoms with E-state index >= 15 is 0 Å². The molecule has 28 heteroatoms. The molecular weight excluding hydrogens is 1110 g/mol. The van der Waals surface area contributed by atoms with E-state index in [9.17, 15) is 35.9 Å². The van der Waals surface area contributed by atoms with Crippen LogP contribution >= 0.6 is 0 Å². The summed E-state index contributed by atoms with van der Waals surface area (Å²) in [5.41, 5.74) is 17.1. The van der Waals surface area contributed by atoms with E-state index in [1.54, 1.807) is 52.8 Å². The normalized spacial score (nSPS) is 15.0. The molecule has 2 aromatic carbocycles. The zero-order chi connectivity index (χ0) is 60.8. The predicted octanol–water partition coefficient (Wildman–Crippen LogP) is 6.06. The van der Waals surface area contributed by atoms with Gasteiger partial charge in [0.25, 0.3) is 11.8 Å². The minimum absolute atomic E-state index is 0.0182. The van der Waals surface area contributed by atoms with Gasteiger partial charge in [0.05, 0.1) is 92.6 Å². The third-order valence-corrected chi connectivity index (χ3v) is 15.1. The number of nitrogens with two attached hydrogens (primary N) is 4. The predicted molar refractivity (Wildman–Crippen MR) is 311 cm³/mol. The van der Waals surface area contributed by atoms with E-state index in [2.05, 4.69) is 40.4 Å². The number of alkyl halides is 6. The zero-order valence-corrected chi connectivity index (χ0v) is 47.3. The van der Waals surface area contributed by atoms with Gasteiger partial charge in [-0.2, -0.15) is 30.9 Å². The summed E-state index contributed by atoms with van der Waals surface area (Å²) >= 11 is 0. The van der Waals surface area contributed by atoms with Gasteiger partial charge in [-0.3, -0.25) is 43.4 Å². The number of piperazine rings is 2. The highest BCUT2D eigenvalue weighted by atomic mass is 19.4. The van der Waals surface area contributed by atoms with Crippen LogP contribution in [0.2, 0.25) is 0 Å². The van der Waals surface area contributed by atoms with Crippen molar-refractivity contribution in [2.75, 3.05) is 96.9 Å². The number of amides is 2. The molecule has 0 atom stereocenters. The third kappa shape index (κ3) is 12.8. The summed E-state index contributed by atoms with van der Waals surface area (Å²) in [7, 11) is 3.89. The van der Waals surface area contributed by atoms with Gasteiger partial charge in [0.1, 0.15) is 5.69 Å². The molecule has 0 saturated carbocycles. The highest BCUT2D eigenvalue weighted by Crippen LogP contribution is 2.40. The summed E-state index contributed by atoms with van der Waals surface area (Å²) in [4.78, 5) is 58.2. The molecule has 6 aromatic heterocycles. The molecular formula is C57H63F6N20O2+. The van der Waals surface area contributed by atoms with Gasteiger partial charge < -0.3 is 41.7 Å². The molecule has 2 aliphatic rings. The molecule has 8 aromatic rings. The number of rotatable bonds is 14. The van der Waals surface area contributed by atoms with Crippen molar-refractivity contribution in [2.45, 2.75) is 46.6 Å². The Hall–Kier alpha value is -9.38. The van der Waals surface area contributed by atoms with Crippen LogP contribution in [0.3, 0.4) is 0 Å². The first-order valence-electron chi connectivity index (χ1n) is 26.9. The lowest BCUT2D eigenvalue weighted by Crippen LogP contribution is -2.44. The SMILES string of the molecule is Cc1cn2c(C(N)=CN(N)c3cc(C(=O)Nc4cc(N5CCN(C)CC5)c(C)c(C(F)(F)F)c4)cnc3C[n+]3cc4ncc(C(N)=CN(N)c5cc(C(=O)Nc6cc(N7CCN(C)CC7)cc(C(F)(F)F)c6)cnc5C)n4cc3C)cnc2cn1. The maximum absolute atomic E-state index is 14.6. The minimum atomic E-state index is -4.70. The lowest BCUT2D eigenvalue weighted by atomic mass is 10.0. The van der Waals surface area contributed by atoms with Crippen molar-refractivity contribution in [1.29, 1.82) is 0 Å². The van der Waals surface area contributed by atoms with Crippen molar-refractivity contribution in [2.24, 2.45) is 23.2 Å². The number of likely N-dealkylation sites (N-methyl/N-ethyl adjacent to an activating group) is 2. The van der Waals surface area contributed by atoms with Crippen molar-refractivity contribution in [3.8, 4) is 0 Å². The molecule has 2 saturated heterocycles. The van der Waals surface area contributed by atoms with Crippen LogP contribution in [0.4, 0.5) is 60.5 Å². The van der Waals surface area contributed by atoms with Gasteiger partial charge in [0, 0.05) is 113 Å². The van der Waals surface area contributed by atoms with E-state index in [4.69, 9.17) is 28.1 Å². The lowest BCUT2D eigenvalue weighted by molar-refractivity contribution is -0.694. The molecule has 0 unspecified atom stereocenters. The molecule has 0 radical (unpaired) electrons. The van der Waals surface area contributed by atoms with Crippen LogP contribution in [0, 0.1) is 27.7 Å². The van der Waals surface area contributed by atoms with Gasteiger partial charge in [-0.25, -0.2) is 21.7 Å². The molecule has 0 aliphatic carbocycles. The summed E-state index contributed by atoms with van der Waals surface area (Å²) in [6, 6.07) is 8.88. The van der Waals surface area contributed by atoms with E-state index in [1.807, 2.05) is 42.3 Å². The monoisotopic (exact) mass is 1170 g/mol. The summed E-state index contributed by atoms with van der Waals surface area (Å²) in [5.74, 6) is 11.9. The number of imidazole rings is 2. The molecule has 2 amide bonds. The Morgan fingerprint density at radius 3 is 1.79 bits per heavy atom. The van der Waals surface area contributed by atoms with Crippen molar-refractivity contribution < 1.29 is 40.5 Å². The standard InChI is InChI=1S/C57H62F6N20O2/c1-33-27-80-50(24-71-52(80)26-68-33)45(65)30-83(67)49-16-38(55(85)74-41-20-43(57(61,62)63)35(3)47(21-41)78-13-9-76(6)10-14-78)23-70-46(49)31-79-32-53-72-25-51(81(53)28-34(79)2)44(64)29-82(66)48-15-37(22-69-36(48)4)54(84)73-40-17-39(56(58,59)60)18-42(19-40)77-11-7-75(5)8-12-77/h15-30,32H,7-14,31,65,67H2,1-6H3,(H5-,64,66,72,73,74,84,85)/p+1. The number of hydrazine groups is 2. The van der Waals surface area contributed by atoms with Gasteiger partial charge in [-0.15, -0.1) is 0 Å². The van der Waals surface area contributed by atoms with Gasteiger partial charge in [0.15, 0.2) is 17.9 Å². The summed E-state index contributed by atoms with van der Waals surface area (Å²) in [6.45, 7) is 11.4. The third-order valence-electron chi connectivity index (χ3n) is 15.1. The molecule has 22 nitrogen and oxygen atoms in total. The molecule has 0 spiro atoms. The van der Waals surface area contributed by atoms with Crippen molar-refractivity contribution in [1.82, 2.24) is 43.5 Å². The Morgan fingerprint density at radius 2 is 1.18 bits per heavy atom. The number of carbonyl (C=O) groups is 2. The average Bonchev–Trinajstić information content (AvgIpc) is 4.33. The van der Waals surface area contributed by atoms with Crippen LogP contribution in [-0.2, 0) is 18.9 Å². The lowest BCUT2D eigenvalue weighted by Gasteiger charge is -2.35. The van der Waals surface area contributed by atoms with Crippen molar-refractivity contribution in [3.05, 3.63) is 166 Å². The smallest absolute Gasteiger partial charge is 0.396 e. The number of hydrogen-bond acceptors (Lipinski definition) is 17. The van der Waals surface area contributed by atoms with Crippen molar-refractivity contribution >= 4 is 68.6 Å². The number of pyridine rings is 2. The van der Waals surface area contributed by atoms with E-state index in [0.29, 0.717) is 109 Å². The number of hydrogen-bond donors (Lipinski definition) is 6.